The van der Waals surface area contributed by atoms with E-state index in [1.807, 2.05) is 12.1 Å². The fourth-order valence-corrected chi connectivity index (χ4v) is 3.84. The molecule has 3 nitrogen and oxygen atoms in total. The summed E-state index contributed by atoms with van der Waals surface area (Å²) >= 11 is 0. The lowest BCUT2D eigenvalue weighted by Gasteiger charge is -2.43. The molecule has 104 valence electrons. The molecule has 1 aliphatic heterocycles. The van der Waals surface area contributed by atoms with Gasteiger partial charge in [0, 0.05) is 12.1 Å². The fourth-order valence-electron chi connectivity index (χ4n) is 3.84. The number of piperidine rings is 1. The van der Waals surface area contributed by atoms with Crippen LogP contribution in [0.1, 0.15) is 43.9 Å². The van der Waals surface area contributed by atoms with Gasteiger partial charge in [-0.25, -0.2) is 0 Å². The molecule has 3 N–H and O–H groups in total. The second-order valence-corrected chi connectivity index (χ2v) is 6.53. The maximum atomic E-state index is 9.64. The van der Waals surface area contributed by atoms with Gasteiger partial charge in [-0.15, -0.1) is 0 Å². The quantitative estimate of drug-likeness (QED) is 0.815. The average molecular weight is 260 g/mol. The van der Waals surface area contributed by atoms with E-state index in [0.717, 1.165) is 19.5 Å². The van der Waals surface area contributed by atoms with Gasteiger partial charge in [0.1, 0.15) is 5.75 Å². The smallest absolute Gasteiger partial charge is 0.115 e. The van der Waals surface area contributed by atoms with E-state index in [0.29, 0.717) is 11.8 Å². The van der Waals surface area contributed by atoms with Gasteiger partial charge in [-0.2, -0.15) is 0 Å². The summed E-state index contributed by atoms with van der Waals surface area (Å²) < 4.78 is 0. The van der Waals surface area contributed by atoms with Crippen molar-refractivity contribution < 1.29 is 5.11 Å². The number of fused-ring (bicyclic) bond motifs is 1. The predicted octanol–water partition coefficient (Wildman–Crippen LogP) is 2.44. The molecule has 1 fully saturated rings. The van der Waals surface area contributed by atoms with Crippen molar-refractivity contribution in [1.29, 1.82) is 0 Å². The lowest BCUT2D eigenvalue weighted by Crippen LogP contribution is -2.46. The van der Waals surface area contributed by atoms with E-state index in [1.54, 1.807) is 6.07 Å². The zero-order valence-corrected chi connectivity index (χ0v) is 11.9. The number of hydrogen-bond acceptors (Lipinski definition) is 3. The average Bonchev–Trinajstić information content (AvgIpc) is 2.63. The third kappa shape index (κ3) is 2.05. The largest absolute Gasteiger partial charge is 0.508 e. The molecule has 3 rings (SSSR count). The molecule has 1 atom stereocenters. The third-order valence-electron chi connectivity index (χ3n) is 5.19. The number of hydrogen-bond donors (Lipinski definition) is 2. The van der Waals surface area contributed by atoms with Crippen LogP contribution in [0.4, 0.5) is 0 Å². The molecule has 3 heteroatoms. The van der Waals surface area contributed by atoms with Crippen LogP contribution in [0.5, 0.6) is 5.75 Å². The Morgan fingerprint density at radius 3 is 2.63 bits per heavy atom. The van der Waals surface area contributed by atoms with E-state index in [9.17, 15) is 5.11 Å². The molecule has 0 bridgehead atoms. The first-order valence-electron chi connectivity index (χ1n) is 7.33. The maximum Gasteiger partial charge on any atom is 0.115 e. The lowest BCUT2D eigenvalue weighted by atomic mass is 9.73. The number of phenolic OH excluding ortho intramolecular Hbond substituents is 1. The SMILES string of the molecule is CC(C)N1CCC2(CC1)Cc1cc(O)ccc1[C@H]2N. The summed E-state index contributed by atoms with van der Waals surface area (Å²) in [6, 6.07) is 6.44. The Balaban J connectivity index is 1.82. The highest BCUT2D eigenvalue weighted by atomic mass is 16.3. The van der Waals surface area contributed by atoms with Crippen molar-refractivity contribution in [1.82, 2.24) is 4.90 Å². The monoisotopic (exact) mass is 260 g/mol. The van der Waals surface area contributed by atoms with Gasteiger partial charge in [0.05, 0.1) is 0 Å². The Labute approximate surface area is 115 Å². The van der Waals surface area contributed by atoms with E-state index in [1.165, 1.54) is 24.0 Å². The Morgan fingerprint density at radius 2 is 2.00 bits per heavy atom. The minimum absolute atomic E-state index is 0.136. The first-order valence-corrected chi connectivity index (χ1v) is 7.33. The van der Waals surface area contributed by atoms with Crippen LogP contribution in [0.15, 0.2) is 18.2 Å². The first-order chi connectivity index (χ1) is 9.02. The van der Waals surface area contributed by atoms with Gasteiger partial charge >= 0.3 is 0 Å². The van der Waals surface area contributed by atoms with Gasteiger partial charge in [0.15, 0.2) is 0 Å². The zero-order valence-electron chi connectivity index (χ0n) is 11.9. The highest BCUT2D eigenvalue weighted by molar-refractivity contribution is 5.42. The molecular formula is C16H24N2O. The summed E-state index contributed by atoms with van der Waals surface area (Å²) in [6.07, 6.45) is 3.37. The second kappa shape index (κ2) is 4.50. The number of aromatic hydroxyl groups is 1. The normalized spacial score (nSPS) is 26.0. The highest BCUT2D eigenvalue weighted by Gasteiger charge is 2.46. The third-order valence-corrected chi connectivity index (χ3v) is 5.19. The minimum Gasteiger partial charge on any atom is -0.508 e. The Bertz CT molecular complexity index is 476. The molecule has 1 spiro atoms. The molecule has 1 aromatic carbocycles. The van der Waals surface area contributed by atoms with E-state index in [-0.39, 0.29) is 11.5 Å². The van der Waals surface area contributed by atoms with Crippen molar-refractivity contribution in [3.63, 3.8) is 0 Å². The molecule has 19 heavy (non-hydrogen) atoms. The predicted molar refractivity (Wildman–Crippen MR) is 77.1 cm³/mol. The van der Waals surface area contributed by atoms with E-state index in [2.05, 4.69) is 18.7 Å². The van der Waals surface area contributed by atoms with Crippen LogP contribution in [0.25, 0.3) is 0 Å². The summed E-state index contributed by atoms with van der Waals surface area (Å²) in [5.74, 6) is 0.364. The van der Waals surface area contributed by atoms with Crippen LogP contribution in [0.2, 0.25) is 0 Å². The van der Waals surface area contributed by atoms with E-state index in [4.69, 9.17) is 5.73 Å². The zero-order chi connectivity index (χ0) is 13.6. The number of benzene rings is 1. The fraction of sp³-hybridized carbons (Fsp3) is 0.625. The van der Waals surface area contributed by atoms with Gasteiger partial charge in [-0.3, -0.25) is 0 Å². The van der Waals surface area contributed by atoms with Gasteiger partial charge in [-0.1, -0.05) is 6.07 Å². The van der Waals surface area contributed by atoms with Crippen LogP contribution in [0, 0.1) is 5.41 Å². The van der Waals surface area contributed by atoms with Crippen molar-refractivity contribution in [2.45, 2.75) is 45.2 Å². The molecule has 1 saturated heterocycles. The molecule has 0 radical (unpaired) electrons. The summed E-state index contributed by atoms with van der Waals surface area (Å²) in [5, 5.41) is 9.64. The van der Waals surface area contributed by atoms with Crippen molar-refractivity contribution >= 4 is 0 Å². The minimum atomic E-state index is 0.136. The van der Waals surface area contributed by atoms with Gasteiger partial charge in [0.2, 0.25) is 0 Å². The molecule has 2 aliphatic rings. The first kappa shape index (κ1) is 12.9. The summed E-state index contributed by atoms with van der Waals surface area (Å²) in [6.45, 7) is 6.81. The number of nitrogens with zero attached hydrogens (tertiary/aromatic N) is 1. The lowest BCUT2D eigenvalue weighted by molar-refractivity contribution is 0.0710. The molecule has 0 amide bonds. The van der Waals surface area contributed by atoms with Crippen LogP contribution >= 0.6 is 0 Å². The van der Waals surface area contributed by atoms with Crippen molar-refractivity contribution in [3.05, 3.63) is 29.3 Å². The number of likely N-dealkylation sites (tertiary alicyclic amines) is 1. The molecule has 0 unspecified atom stereocenters. The maximum absolute atomic E-state index is 9.64. The van der Waals surface area contributed by atoms with Gasteiger partial charge in [-0.05, 0) is 74.9 Å². The van der Waals surface area contributed by atoms with Gasteiger partial charge < -0.3 is 15.7 Å². The summed E-state index contributed by atoms with van der Waals surface area (Å²) in [5.41, 5.74) is 9.25. The standard InChI is InChI=1S/C16H24N2O/c1-11(2)18-7-5-16(6-8-18)10-12-9-13(19)3-4-14(12)15(16)17/h3-4,9,11,15,19H,5-8,10,17H2,1-2H3/t15-/m1/s1. The van der Waals surface area contributed by atoms with Crippen LogP contribution in [0.3, 0.4) is 0 Å². The molecule has 1 aromatic rings. The van der Waals surface area contributed by atoms with Crippen LogP contribution in [-0.4, -0.2) is 29.1 Å². The van der Waals surface area contributed by atoms with Crippen molar-refractivity contribution in [2.24, 2.45) is 11.1 Å². The number of nitrogens with two attached hydrogens (primary N) is 1. The Hall–Kier alpha value is -1.06. The Morgan fingerprint density at radius 1 is 1.32 bits per heavy atom. The van der Waals surface area contributed by atoms with Crippen molar-refractivity contribution in [3.8, 4) is 5.75 Å². The van der Waals surface area contributed by atoms with E-state index < -0.39 is 0 Å². The number of phenols is 1. The molecule has 0 saturated carbocycles. The number of rotatable bonds is 1. The highest BCUT2D eigenvalue weighted by Crippen LogP contribution is 2.51. The molecular weight excluding hydrogens is 236 g/mol. The molecule has 1 heterocycles. The van der Waals surface area contributed by atoms with E-state index >= 15 is 0 Å². The summed E-state index contributed by atoms with van der Waals surface area (Å²) in [4.78, 5) is 2.54. The molecule has 1 aliphatic carbocycles. The molecule has 0 aromatic heterocycles. The Kier molecular flexibility index (Phi) is 3.06. The summed E-state index contributed by atoms with van der Waals surface area (Å²) in [7, 11) is 0. The topological polar surface area (TPSA) is 49.5 Å². The van der Waals surface area contributed by atoms with Crippen LogP contribution < -0.4 is 5.73 Å². The van der Waals surface area contributed by atoms with Gasteiger partial charge in [0.25, 0.3) is 0 Å². The van der Waals surface area contributed by atoms with Crippen LogP contribution in [-0.2, 0) is 6.42 Å². The van der Waals surface area contributed by atoms with Crippen molar-refractivity contribution in [2.75, 3.05) is 13.1 Å². The second-order valence-electron chi connectivity index (χ2n) is 6.53.